The quantitative estimate of drug-likeness (QED) is 0.785. The van der Waals surface area contributed by atoms with Gasteiger partial charge in [-0.05, 0) is 32.6 Å². The number of nitrogens with one attached hydrogen (secondary N) is 1. The largest absolute Gasteiger partial charge is 0.351 e. The molecular formula is C11H20N2O3S. The van der Waals surface area contributed by atoms with Crippen LogP contribution in [-0.2, 0) is 14.8 Å². The van der Waals surface area contributed by atoms with E-state index in [1.54, 1.807) is 11.2 Å². The fraction of sp³-hybridized carbons (Fsp3) is 0.909. The maximum atomic E-state index is 11.8. The van der Waals surface area contributed by atoms with Gasteiger partial charge in [0.15, 0.2) is 0 Å². The molecule has 0 aromatic rings. The van der Waals surface area contributed by atoms with Crippen LogP contribution in [0.5, 0.6) is 0 Å². The summed E-state index contributed by atoms with van der Waals surface area (Å²) in [4.78, 5) is 11.3. The Hall–Kier alpha value is -0.620. The van der Waals surface area contributed by atoms with Gasteiger partial charge in [0.05, 0.1) is 5.75 Å². The van der Waals surface area contributed by atoms with E-state index < -0.39 is 10.0 Å². The highest BCUT2D eigenvalue weighted by molar-refractivity contribution is 7.89. The van der Waals surface area contributed by atoms with Crippen LogP contribution in [0.2, 0.25) is 0 Å². The van der Waals surface area contributed by atoms with Gasteiger partial charge in [-0.15, -0.1) is 0 Å². The molecule has 17 heavy (non-hydrogen) atoms. The van der Waals surface area contributed by atoms with Crippen molar-refractivity contribution >= 4 is 15.9 Å². The summed E-state index contributed by atoms with van der Waals surface area (Å²) in [7, 11) is -3.08. The predicted molar refractivity (Wildman–Crippen MR) is 65.0 cm³/mol. The van der Waals surface area contributed by atoms with Crippen LogP contribution in [-0.4, -0.2) is 43.0 Å². The minimum Gasteiger partial charge on any atom is -0.351 e. The van der Waals surface area contributed by atoms with E-state index in [9.17, 15) is 13.2 Å². The average Bonchev–Trinajstić information content (AvgIpc) is 2.52. The Morgan fingerprint density at radius 2 is 2.06 bits per heavy atom. The van der Waals surface area contributed by atoms with Crippen LogP contribution in [0, 0.1) is 0 Å². The summed E-state index contributed by atoms with van der Waals surface area (Å²) >= 11 is 0. The van der Waals surface area contributed by atoms with Crippen molar-refractivity contribution in [3.63, 3.8) is 0 Å². The molecule has 0 radical (unpaired) electrons. The highest BCUT2D eigenvalue weighted by Gasteiger charge is 2.39. The van der Waals surface area contributed by atoms with Gasteiger partial charge >= 0.3 is 0 Å². The summed E-state index contributed by atoms with van der Waals surface area (Å²) in [5, 5.41) is 3.04. The third-order valence-corrected chi connectivity index (χ3v) is 5.78. The Morgan fingerprint density at radius 3 is 2.65 bits per heavy atom. The molecule has 0 aromatic heterocycles. The molecule has 1 N–H and O–H groups in total. The smallest absolute Gasteiger partial charge is 0.220 e. The first-order valence-corrected chi connectivity index (χ1v) is 7.87. The standard InChI is InChI=1S/C11H20N2O3S/c1-2-17(15,16)13-8-3-5-11(7-9-13)6-4-10(14)12-11/h2-9H2,1H3,(H,12,14)/t11-/m0/s1. The van der Waals surface area contributed by atoms with Crippen molar-refractivity contribution < 1.29 is 13.2 Å². The molecule has 1 atom stereocenters. The lowest BCUT2D eigenvalue weighted by atomic mass is 9.89. The molecular weight excluding hydrogens is 240 g/mol. The van der Waals surface area contributed by atoms with Crippen LogP contribution >= 0.6 is 0 Å². The number of rotatable bonds is 2. The number of carbonyl (C=O) groups excluding carboxylic acids is 1. The van der Waals surface area contributed by atoms with Gasteiger partial charge in [0.2, 0.25) is 15.9 Å². The molecule has 2 saturated heterocycles. The van der Waals surface area contributed by atoms with Crippen molar-refractivity contribution in [1.29, 1.82) is 0 Å². The fourth-order valence-corrected chi connectivity index (χ4v) is 3.92. The molecule has 98 valence electrons. The van der Waals surface area contributed by atoms with Gasteiger partial charge in [-0.2, -0.15) is 0 Å². The van der Waals surface area contributed by atoms with E-state index in [2.05, 4.69) is 5.32 Å². The Labute approximate surface area is 103 Å². The maximum absolute atomic E-state index is 11.8. The Bertz CT molecular complexity index is 407. The molecule has 0 aromatic carbocycles. The zero-order valence-corrected chi connectivity index (χ0v) is 11.1. The van der Waals surface area contributed by atoms with Crippen molar-refractivity contribution in [2.24, 2.45) is 0 Å². The number of amides is 1. The van der Waals surface area contributed by atoms with E-state index in [1.165, 1.54) is 0 Å². The van der Waals surface area contributed by atoms with Gasteiger partial charge in [0.25, 0.3) is 0 Å². The molecule has 2 heterocycles. The third-order valence-electron chi connectivity index (χ3n) is 3.90. The van der Waals surface area contributed by atoms with Crippen molar-refractivity contribution in [3.8, 4) is 0 Å². The van der Waals surface area contributed by atoms with Crippen LogP contribution in [0.15, 0.2) is 0 Å². The van der Waals surface area contributed by atoms with Gasteiger partial charge in [-0.1, -0.05) is 0 Å². The van der Waals surface area contributed by atoms with Crippen molar-refractivity contribution in [2.75, 3.05) is 18.8 Å². The predicted octanol–water partition coefficient (Wildman–Crippen LogP) is 0.471. The molecule has 1 spiro atoms. The first-order chi connectivity index (χ1) is 7.97. The van der Waals surface area contributed by atoms with Crippen LogP contribution in [0.4, 0.5) is 0 Å². The van der Waals surface area contributed by atoms with E-state index in [1.807, 2.05) is 0 Å². The van der Waals surface area contributed by atoms with Gasteiger partial charge in [0.1, 0.15) is 0 Å². The lowest BCUT2D eigenvalue weighted by Crippen LogP contribution is -2.42. The number of nitrogens with zero attached hydrogens (tertiary/aromatic N) is 1. The number of sulfonamides is 1. The lowest BCUT2D eigenvalue weighted by Gasteiger charge is -2.27. The number of hydrogen-bond donors (Lipinski definition) is 1. The summed E-state index contributed by atoms with van der Waals surface area (Å²) in [6, 6.07) is 0. The van der Waals surface area contributed by atoms with Crippen molar-refractivity contribution in [3.05, 3.63) is 0 Å². The normalized spacial score (nSPS) is 31.5. The second kappa shape index (κ2) is 4.57. The number of carbonyl (C=O) groups is 1. The Balaban J connectivity index is 2.06. The van der Waals surface area contributed by atoms with E-state index in [0.717, 1.165) is 25.7 Å². The molecule has 0 unspecified atom stereocenters. The van der Waals surface area contributed by atoms with E-state index >= 15 is 0 Å². The first kappa shape index (κ1) is 12.8. The molecule has 2 aliphatic heterocycles. The first-order valence-electron chi connectivity index (χ1n) is 6.26. The Kier molecular flexibility index (Phi) is 3.45. The molecule has 5 nitrogen and oxygen atoms in total. The minimum atomic E-state index is -3.08. The molecule has 2 aliphatic rings. The highest BCUT2D eigenvalue weighted by atomic mass is 32.2. The molecule has 2 rings (SSSR count). The fourth-order valence-electron chi connectivity index (χ4n) is 2.78. The van der Waals surface area contributed by atoms with Crippen molar-refractivity contribution in [1.82, 2.24) is 9.62 Å². The second-order valence-corrected chi connectivity index (χ2v) is 7.24. The number of hydrogen-bond acceptors (Lipinski definition) is 3. The SMILES string of the molecule is CCS(=O)(=O)N1CCC[C@]2(CCC(=O)N2)CC1. The average molecular weight is 260 g/mol. The molecule has 0 aliphatic carbocycles. The molecule has 1 amide bonds. The van der Waals surface area contributed by atoms with Gasteiger partial charge in [-0.25, -0.2) is 12.7 Å². The molecule has 6 heteroatoms. The van der Waals surface area contributed by atoms with E-state index in [4.69, 9.17) is 0 Å². The summed E-state index contributed by atoms with van der Waals surface area (Å²) in [6.07, 6.45) is 3.92. The van der Waals surface area contributed by atoms with Crippen LogP contribution in [0.1, 0.15) is 39.0 Å². The van der Waals surface area contributed by atoms with Gasteiger partial charge < -0.3 is 5.32 Å². The highest BCUT2D eigenvalue weighted by Crippen LogP contribution is 2.31. The van der Waals surface area contributed by atoms with Crippen LogP contribution < -0.4 is 5.32 Å². The Morgan fingerprint density at radius 1 is 1.29 bits per heavy atom. The van der Waals surface area contributed by atoms with Crippen LogP contribution in [0.25, 0.3) is 0 Å². The zero-order valence-electron chi connectivity index (χ0n) is 10.2. The molecule has 0 saturated carbocycles. The summed E-state index contributed by atoms with van der Waals surface area (Å²) in [5.41, 5.74) is -0.130. The summed E-state index contributed by atoms with van der Waals surface area (Å²) in [5.74, 6) is 0.267. The van der Waals surface area contributed by atoms with E-state index in [-0.39, 0.29) is 17.2 Å². The summed E-state index contributed by atoms with van der Waals surface area (Å²) < 4.78 is 25.2. The monoisotopic (exact) mass is 260 g/mol. The topological polar surface area (TPSA) is 66.5 Å². The molecule has 2 fully saturated rings. The van der Waals surface area contributed by atoms with Crippen molar-refractivity contribution in [2.45, 2.75) is 44.6 Å². The molecule has 0 bridgehead atoms. The third kappa shape index (κ3) is 2.63. The lowest BCUT2D eigenvalue weighted by molar-refractivity contribution is -0.119. The summed E-state index contributed by atoms with van der Waals surface area (Å²) in [6.45, 7) is 2.80. The minimum absolute atomic E-state index is 0.108. The van der Waals surface area contributed by atoms with E-state index in [0.29, 0.717) is 19.5 Å². The van der Waals surface area contributed by atoms with Gasteiger partial charge in [-0.3, -0.25) is 4.79 Å². The zero-order chi connectivity index (χ0) is 12.5. The van der Waals surface area contributed by atoms with Crippen LogP contribution in [0.3, 0.4) is 0 Å². The maximum Gasteiger partial charge on any atom is 0.220 e. The van der Waals surface area contributed by atoms with Gasteiger partial charge in [0, 0.05) is 25.0 Å². The second-order valence-electron chi connectivity index (χ2n) is 4.98.